The molecule has 4 nitrogen and oxygen atoms in total. The number of aliphatic hydroxyl groups excluding tert-OH is 1. The normalized spacial score (nSPS) is 18.6. The molecule has 0 amide bonds. The van der Waals surface area contributed by atoms with E-state index in [1.54, 1.807) is 12.1 Å². The highest BCUT2D eigenvalue weighted by Crippen LogP contribution is 2.27. The van der Waals surface area contributed by atoms with Crippen molar-refractivity contribution < 1.29 is 17.7 Å². The first-order valence-electron chi connectivity index (χ1n) is 7.61. The van der Waals surface area contributed by atoms with E-state index in [0.29, 0.717) is 12.3 Å². The predicted molar refractivity (Wildman–Crippen MR) is 81.5 cm³/mol. The highest BCUT2D eigenvalue weighted by atomic mass is 32.2. The summed E-state index contributed by atoms with van der Waals surface area (Å²) in [6, 6.07) is 6.51. The number of aliphatic hydroxyl groups is 1. The average molecular weight is 312 g/mol. The van der Waals surface area contributed by atoms with Gasteiger partial charge in [0.25, 0.3) is 10.1 Å². The minimum atomic E-state index is -3.77. The van der Waals surface area contributed by atoms with Gasteiger partial charge in [-0.15, -0.1) is 0 Å². The summed E-state index contributed by atoms with van der Waals surface area (Å²) >= 11 is 0. The van der Waals surface area contributed by atoms with Crippen LogP contribution in [0.3, 0.4) is 0 Å². The SMILES string of the molecule is Cc1ccc(S(=O)(=O)OC[C@H](O)CC2CCCCC2)cc1. The Hall–Kier alpha value is -0.910. The van der Waals surface area contributed by atoms with E-state index in [1.807, 2.05) is 6.92 Å². The Morgan fingerprint density at radius 2 is 1.81 bits per heavy atom. The molecule has 1 aromatic rings. The van der Waals surface area contributed by atoms with E-state index in [2.05, 4.69) is 0 Å². The van der Waals surface area contributed by atoms with Crippen molar-refractivity contribution in [3.8, 4) is 0 Å². The molecule has 0 spiro atoms. The summed E-state index contributed by atoms with van der Waals surface area (Å²) in [5.41, 5.74) is 0.992. The van der Waals surface area contributed by atoms with E-state index < -0.39 is 16.2 Å². The van der Waals surface area contributed by atoms with Gasteiger partial charge < -0.3 is 5.11 Å². The van der Waals surface area contributed by atoms with Crippen LogP contribution >= 0.6 is 0 Å². The summed E-state index contributed by atoms with van der Waals surface area (Å²) in [5, 5.41) is 9.97. The molecule has 5 heteroatoms. The Morgan fingerprint density at radius 1 is 1.19 bits per heavy atom. The minimum Gasteiger partial charge on any atom is -0.391 e. The first kappa shape index (κ1) is 16.5. The summed E-state index contributed by atoms with van der Waals surface area (Å²) in [4.78, 5) is 0.137. The van der Waals surface area contributed by atoms with Crippen LogP contribution in [0, 0.1) is 12.8 Å². The van der Waals surface area contributed by atoms with Crippen LogP contribution in [-0.4, -0.2) is 26.2 Å². The molecule has 1 atom stereocenters. The van der Waals surface area contributed by atoms with Gasteiger partial charge in [0.15, 0.2) is 0 Å². The molecule has 118 valence electrons. The molecule has 1 aromatic carbocycles. The summed E-state index contributed by atoms with van der Waals surface area (Å²) in [7, 11) is -3.77. The Morgan fingerprint density at radius 3 is 2.43 bits per heavy atom. The van der Waals surface area contributed by atoms with Crippen molar-refractivity contribution in [1.82, 2.24) is 0 Å². The minimum absolute atomic E-state index is 0.137. The zero-order chi connectivity index (χ0) is 15.3. The van der Waals surface area contributed by atoms with E-state index in [0.717, 1.165) is 18.4 Å². The quantitative estimate of drug-likeness (QED) is 0.820. The van der Waals surface area contributed by atoms with Gasteiger partial charge in [-0.3, -0.25) is 4.18 Å². The van der Waals surface area contributed by atoms with Crippen molar-refractivity contribution in [3.63, 3.8) is 0 Å². The maximum atomic E-state index is 12.0. The molecule has 0 aromatic heterocycles. The van der Waals surface area contributed by atoms with Gasteiger partial charge in [-0.2, -0.15) is 8.42 Å². The van der Waals surface area contributed by atoms with Crippen molar-refractivity contribution in [2.45, 2.75) is 56.4 Å². The number of rotatable bonds is 6. The fraction of sp³-hybridized carbons (Fsp3) is 0.625. The zero-order valence-electron chi connectivity index (χ0n) is 12.5. The third-order valence-corrected chi connectivity index (χ3v) is 5.35. The standard InChI is InChI=1S/C16H24O4S/c1-13-7-9-16(10-8-13)21(18,19)20-12-15(17)11-14-5-3-2-4-6-14/h7-10,14-15,17H,2-6,11-12H2,1H3/t15-/m1/s1. The van der Waals surface area contributed by atoms with Crippen LogP contribution < -0.4 is 0 Å². The van der Waals surface area contributed by atoms with Crippen LogP contribution in [0.5, 0.6) is 0 Å². The van der Waals surface area contributed by atoms with E-state index in [-0.39, 0.29) is 11.5 Å². The van der Waals surface area contributed by atoms with Crippen LogP contribution in [0.15, 0.2) is 29.2 Å². The van der Waals surface area contributed by atoms with Gasteiger partial charge in [-0.1, -0.05) is 49.8 Å². The van der Waals surface area contributed by atoms with Gasteiger partial charge in [0.2, 0.25) is 0 Å². The molecule has 21 heavy (non-hydrogen) atoms. The lowest BCUT2D eigenvalue weighted by atomic mass is 9.85. The zero-order valence-corrected chi connectivity index (χ0v) is 13.3. The lowest BCUT2D eigenvalue weighted by Gasteiger charge is -2.23. The van der Waals surface area contributed by atoms with Crippen molar-refractivity contribution in [2.24, 2.45) is 5.92 Å². The summed E-state index contributed by atoms with van der Waals surface area (Å²) in [5.74, 6) is 0.499. The topological polar surface area (TPSA) is 63.6 Å². The molecule has 1 N–H and O–H groups in total. The second-order valence-corrected chi connectivity index (χ2v) is 7.56. The maximum Gasteiger partial charge on any atom is 0.297 e. The van der Waals surface area contributed by atoms with E-state index in [9.17, 15) is 13.5 Å². The molecule has 1 aliphatic rings. The van der Waals surface area contributed by atoms with Crippen LogP contribution in [-0.2, 0) is 14.3 Å². The second-order valence-electron chi connectivity index (χ2n) is 5.95. The highest BCUT2D eigenvalue weighted by molar-refractivity contribution is 7.86. The van der Waals surface area contributed by atoms with Crippen molar-refractivity contribution in [3.05, 3.63) is 29.8 Å². The second kappa shape index (κ2) is 7.38. The summed E-state index contributed by atoms with van der Waals surface area (Å²) < 4.78 is 29.0. The van der Waals surface area contributed by atoms with E-state index in [4.69, 9.17) is 4.18 Å². The highest BCUT2D eigenvalue weighted by Gasteiger charge is 2.21. The van der Waals surface area contributed by atoms with Gasteiger partial charge in [-0.05, 0) is 31.4 Å². The molecular formula is C16H24O4S. The number of hydrogen-bond donors (Lipinski definition) is 1. The molecule has 0 aliphatic heterocycles. The van der Waals surface area contributed by atoms with Crippen molar-refractivity contribution >= 4 is 10.1 Å². The summed E-state index contributed by atoms with van der Waals surface area (Å²) in [6.07, 6.45) is 5.85. The van der Waals surface area contributed by atoms with Crippen molar-refractivity contribution in [2.75, 3.05) is 6.61 Å². The Kier molecular flexibility index (Phi) is 5.79. The molecule has 1 saturated carbocycles. The van der Waals surface area contributed by atoms with Gasteiger partial charge >= 0.3 is 0 Å². The van der Waals surface area contributed by atoms with Crippen LogP contribution in [0.25, 0.3) is 0 Å². The number of aryl methyl sites for hydroxylation is 1. The predicted octanol–water partition coefficient (Wildman–Crippen LogP) is 3.03. The number of benzene rings is 1. The first-order valence-corrected chi connectivity index (χ1v) is 9.02. The lowest BCUT2D eigenvalue weighted by molar-refractivity contribution is 0.0806. The molecule has 0 saturated heterocycles. The Bertz CT molecular complexity index is 530. The smallest absolute Gasteiger partial charge is 0.297 e. The van der Waals surface area contributed by atoms with Crippen molar-refractivity contribution in [1.29, 1.82) is 0 Å². The fourth-order valence-corrected chi connectivity index (χ4v) is 3.76. The number of hydrogen-bond acceptors (Lipinski definition) is 4. The average Bonchev–Trinajstić information content (AvgIpc) is 2.47. The largest absolute Gasteiger partial charge is 0.391 e. The first-order chi connectivity index (χ1) is 9.97. The molecular weight excluding hydrogens is 288 g/mol. The third-order valence-electron chi connectivity index (χ3n) is 4.06. The lowest BCUT2D eigenvalue weighted by Crippen LogP contribution is -2.23. The van der Waals surface area contributed by atoms with E-state index in [1.165, 1.54) is 31.4 Å². The van der Waals surface area contributed by atoms with Crippen LogP contribution in [0.1, 0.15) is 44.1 Å². The maximum absolute atomic E-state index is 12.0. The fourth-order valence-electron chi connectivity index (χ4n) is 2.82. The van der Waals surface area contributed by atoms with Crippen LogP contribution in [0.4, 0.5) is 0 Å². The Labute approximate surface area is 127 Å². The monoisotopic (exact) mass is 312 g/mol. The van der Waals surface area contributed by atoms with Gasteiger partial charge in [0.1, 0.15) is 0 Å². The Balaban J connectivity index is 1.84. The molecule has 0 heterocycles. The summed E-state index contributed by atoms with van der Waals surface area (Å²) in [6.45, 7) is 1.73. The molecule has 0 unspecified atom stereocenters. The molecule has 1 aliphatic carbocycles. The molecule has 2 rings (SSSR count). The molecule has 1 fully saturated rings. The van der Waals surface area contributed by atoms with Gasteiger partial charge in [0.05, 0.1) is 17.6 Å². The van der Waals surface area contributed by atoms with Gasteiger partial charge in [0, 0.05) is 0 Å². The van der Waals surface area contributed by atoms with E-state index >= 15 is 0 Å². The third kappa shape index (κ3) is 5.09. The van der Waals surface area contributed by atoms with Crippen LogP contribution in [0.2, 0.25) is 0 Å². The molecule has 0 radical (unpaired) electrons. The molecule has 0 bridgehead atoms. The van der Waals surface area contributed by atoms with Gasteiger partial charge in [-0.25, -0.2) is 0 Å².